The Morgan fingerprint density at radius 3 is 2.57 bits per heavy atom. The fourth-order valence-corrected chi connectivity index (χ4v) is 5.29. The van der Waals surface area contributed by atoms with Crippen molar-refractivity contribution in [3.05, 3.63) is 12.7 Å². The summed E-state index contributed by atoms with van der Waals surface area (Å²) in [6, 6.07) is 0.831. The first kappa shape index (κ1) is 17.0. The van der Waals surface area contributed by atoms with Gasteiger partial charge < -0.3 is 5.32 Å². The zero-order valence-electron chi connectivity index (χ0n) is 14.6. The van der Waals surface area contributed by atoms with Crippen LogP contribution < -0.4 is 5.32 Å². The van der Waals surface area contributed by atoms with Crippen molar-refractivity contribution < 1.29 is 4.79 Å². The Labute approximate surface area is 141 Å². The van der Waals surface area contributed by atoms with Crippen molar-refractivity contribution in [3.8, 4) is 0 Å². The molecule has 3 aliphatic rings. The molecular weight excluding hydrogens is 284 g/mol. The lowest BCUT2D eigenvalue weighted by Crippen LogP contribution is -2.53. The molecule has 2 saturated carbocycles. The fourth-order valence-electron chi connectivity index (χ4n) is 5.29. The first-order valence-electron chi connectivity index (χ1n) is 9.90. The van der Waals surface area contributed by atoms with Gasteiger partial charge in [-0.15, -0.1) is 0 Å². The molecule has 0 aromatic carbocycles. The molecule has 1 saturated heterocycles. The van der Waals surface area contributed by atoms with E-state index in [4.69, 9.17) is 0 Å². The van der Waals surface area contributed by atoms with E-state index in [9.17, 15) is 4.79 Å². The molecular formula is C20H34N2O. The first-order chi connectivity index (χ1) is 11.3. The Hall–Kier alpha value is -0.830. The van der Waals surface area contributed by atoms with Gasteiger partial charge >= 0.3 is 0 Å². The van der Waals surface area contributed by atoms with Gasteiger partial charge in [-0.1, -0.05) is 38.7 Å². The minimum atomic E-state index is -0.0189. The third-order valence-electron chi connectivity index (χ3n) is 6.43. The third kappa shape index (κ3) is 4.59. The Balaban J connectivity index is 1.59. The van der Waals surface area contributed by atoms with Crippen LogP contribution >= 0.6 is 0 Å². The van der Waals surface area contributed by atoms with E-state index in [0.29, 0.717) is 5.92 Å². The number of fused-ring (bicyclic) bond motifs is 1. The minimum absolute atomic E-state index is 0.0189. The highest BCUT2D eigenvalue weighted by Gasteiger charge is 2.38. The highest BCUT2D eigenvalue weighted by atomic mass is 16.1. The SMILES string of the molecule is C=CC(=O)NCC1CC2CCCCC2N(CC2CCCCC2)C1. The van der Waals surface area contributed by atoms with Crippen molar-refractivity contribution in [1.29, 1.82) is 0 Å². The van der Waals surface area contributed by atoms with Gasteiger partial charge in [-0.05, 0) is 55.9 Å². The number of nitrogens with zero attached hydrogens (tertiary/aromatic N) is 1. The molecule has 3 atom stereocenters. The zero-order chi connectivity index (χ0) is 16.1. The molecule has 2 aliphatic carbocycles. The summed E-state index contributed by atoms with van der Waals surface area (Å²) in [5, 5.41) is 3.04. The van der Waals surface area contributed by atoms with E-state index in [1.54, 1.807) is 0 Å². The van der Waals surface area contributed by atoms with Gasteiger partial charge in [-0.3, -0.25) is 9.69 Å². The van der Waals surface area contributed by atoms with Crippen LogP contribution in [0.15, 0.2) is 12.7 Å². The molecule has 1 amide bonds. The van der Waals surface area contributed by atoms with Gasteiger partial charge in [-0.2, -0.15) is 0 Å². The molecule has 3 unspecified atom stereocenters. The van der Waals surface area contributed by atoms with Crippen LogP contribution in [0.2, 0.25) is 0 Å². The van der Waals surface area contributed by atoms with E-state index in [1.807, 2.05) is 0 Å². The number of nitrogens with one attached hydrogen (secondary N) is 1. The van der Waals surface area contributed by atoms with Gasteiger partial charge in [0, 0.05) is 25.7 Å². The normalized spacial score (nSPS) is 33.0. The smallest absolute Gasteiger partial charge is 0.243 e. The van der Waals surface area contributed by atoms with Crippen molar-refractivity contribution in [2.45, 2.75) is 70.3 Å². The summed E-state index contributed by atoms with van der Waals surface area (Å²) in [6.07, 6.45) is 15.5. The lowest BCUT2D eigenvalue weighted by atomic mass is 9.74. The number of hydrogen-bond acceptors (Lipinski definition) is 2. The highest BCUT2D eigenvalue weighted by molar-refractivity contribution is 5.86. The standard InChI is InChI=1S/C20H34N2O/c1-2-20(23)21-13-17-12-18-10-6-7-11-19(18)22(15-17)14-16-8-4-3-5-9-16/h2,16-19H,1,3-15H2,(H,21,23). The van der Waals surface area contributed by atoms with Gasteiger partial charge in [0.2, 0.25) is 5.91 Å². The van der Waals surface area contributed by atoms with Crippen molar-refractivity contribution in [2.75, 3.05) is 19.6 Å². The largest absolute Gasteiger partial charge is 0.352 e. The molecule has 3 nitrogen and oxygen atoms in total. The van der Waals surface area contributed by atoms with Gasteiger partial charge in [0.05, 0.1) is 0 Å². The second kappa shape index (κ2) is 8.32. The summed E-state index contributed by atoms with van der Waals surface area (Å²) in [6.45, 7) is 6.89. The molecule has 0 aromatic heterocycles. The van der Waals surface area contributed by atoms with E-state index < -0.39 is 0 Å². The average molecular weight is 319 g/mol. The summed E-state index contributed by atoms with van der Waals surface area (Å²) in [4.78, 5) is 14.3. The molecule has 23 heavy (non-hydrogen) atoms. The molecule has 130 valence electrons. The van der Waals surface area contributed by atoms with Crippen molar-refractivity contribution >= 4 is 5.91 Å². The lowest BCUT2D eigenvalue weighted by molar-refractivity contribution is -0.116. The van der Waals surface area contributed by atoms with Crippen LogP contribution in [0.3, 0.4) is 0 Å². The molecule has 0 bridgehead atoms. The van der Waals surface area contributed by atoms with E-state index >= 15 is 0 Å². The predicted octanol–water partition coefficient (Wildman–Crippen LogP) is 3.75. The Morgan fingerprint density at radius 2 is 1.78 bits per heavy atom. The molecule has 1 heterocycles. The monoisotopic (exact) mass is 318 g/mol. The molecule has 0 aromatic rings. The topological polar surface area (TPSA) is 32.3 Å². The van der Waals surface area contributed by atoms with E-state index in [-0.39, 0.29) is 5.91 Å². The zero-order valence-corrected chi connectivity index (χ0v) is 14.6. The quantitative estimate of drug-likeness (QED) is 0.783. The Bertz CT molecular complexity index is 402. The van der Waals surface area contributed by atoms with Crippen LogP contribution in [0, 0.1) is 17.8 Å². The summed E-state index contributed by atoms with van der Waals surface area (Å²) >= 11 is 0. The number of amides is 1. The Kier molecular flexibility index (Phi) is 6.15. The fraction of sp³-hybridized carbons (Fsp3) is 0.850. The number of hydrogen-bond donors (Lipinski definition) is 1. The summed E-state index contributed by atoms with van der Waals surface area (Å²) in [5.41, 5.74) is 0. The van der Waals surface area contributed by atoms with Crippen molar-refractivity contribution in [2.24, 2.45) is 17.8 Å². The number of rotatable bonds is 5. The van der Waals surface area contributed by atoms with Crippen molar-refractivity contribution in [3.63, 3.8) is 0 Å². The van der Waals surface area contributed by atoms with E-state index in [0.717, 1.165) is 24.4 Å². The molecule has 0 radical (unpaired) electrons. The van der Waals surface area contributed by atoms with Gasteiger partial charge in [0.25, 0.3) is 0 Å². The second-order valence-corrected chi connectivity index (χ2v) is 8.12. The molecule has 0 spiro atoms. The molecule has 1 N–H and O–H groups in total. The maximum absolute atomic E-state index is 11.5. The van der Waals surface area contributed by atoms with Crippen LogP contribution in [0.25, 0.3) is 0 Å². The second-order valence-electron chi connectivity index (χ2n) is 8.12. The first-order valence-corrected chi connectivity index (χ1v) is 9.90. The van der Waals surface area contributed by atoms with Crippen LogP contribution in [0.5, 0.6) is 0 Å². The van der Waals surface area contributed by atoms with Crippen molar-refractivity contribution in [1.82, 2.24) is 10.2 Å². The summed E-state index contributed by atoms with van der Waals surface area (Å²) in [5.74, 6) is 2.40. The maximum Gasteiger partial charge on any atom is 0.243 e. The molecule has 3 fully saturated rings. The van der Waals surface area contributed by atoms with E-state index in [2.05, 4.69) is 16.8 Å². The maximum atomic E-state index is 11.5. The van der Waals surface area contributed by atoms with E-state index in [1.165, 1.54) is 83.4 Å². The molecule has 1 aliphatic heterocycles. The van der Waals surface area contributed by atoms with Gasteiger partial charge in [0.15, 0.2) is 0 Å². The van der Waals surface area contributed by atoms with Crippen LogP contribution in [0.1, 0.15) is 64.2 Å². The minimum Gasteiger partial charge on any atom is -0.352 e. The van der Waals surface area contributed by atoms with Crippen LogP contribution in [0.4, 0.5) is 0 Å². The van der Waals surface area contributed by atoms with Crippen LogP contribution in [-0.2, 0) is 4.79 Å². The van der Waals surface area contributed by atoms with Gasteiger partial charge in [0.1, 0.15) is 0 Å². The lowest BCUT2D eigenvalue weighted by Gasteiger charge is -2.48. The number of piperidine rings is 1. The highest BCUT2D eigenvalue weighted by Crippen LogP contribution is 2.38. The summed E-state index contributed by atoms with van der Waals surface area (Å²) in [7, 11) is 0. The third-order valence-corrected chi connectivity index (χ3v) is 6.43. The average Bonchev–Trinajstić information content (AvgIpc) is 2.60. The molecule has 3 rings (SSSR count). The van der Waals surface area contributed by atoms with Crippen LogP contribution in [-0.4, -0.2) is 36.5 Å². The predicted molar refractivity (Wildman–Crippen MR) is 95.2 cm³/mol. The van der Waals surface area contributed by atoms with Gasteiger partial charge in [-0.25, -0.2) is 0 Å². The number of likely N-dealkylation sites (tertiary alicyclic amines) is 1. The Morgan fingerprint density at radius 1 is 1.04 bits per heavy atom. The number of carbonyl (C=O) groups excluding carboxylic acids is 1. The number of carbonyl (C=O) groups is 1. The summed E-state index contributed by atoms with van der Waals surface area (Å²) < 4.78 is 0. The molecule has 3 heteroatoms.